The average molecular weight is 485 g/mol. The van der Waals surface area contributed by atoms with Gasteiger partial charge in [0, 0.05) is 36.2 Å². The van der Waals surface area contributed by atoms with E-state index in [-0.39, 0.29) is 11.3 Å². The number of ether oxygens (including phenoxy) is 1. The maximum atomic E-state index is 13.1. The maximum Gasteiger partial charge on any atom is 0.295 e. The number of aliphatic hydroxyl groups excluding tert-OH is 1. The van der Waals surface area contributed by atoms with Gasteiger partial charge in [-0.25, -0.2) is 0 Å². The zero-order valence-electron chi connectivity index (χ0n) is 17.4. The average Bonchev–Trinajstić information content (AvgIpc) is 3.03. The van der Waals surface area contributed by atoms with Crippen LogP contribution in [0.15, 0.2) is 58.6 Å². The number of likely N-dealkylation sites (tertiary alicyclic amines) is 1. The summed E-state index contributed by atoms with van der Waals surface area (Å²) in [7, 11) is 0. The van der Waals surface area contributed by atoms with Crippen LogP contribution in [0.3, 0.4) is 0 Å². The summed E-state index contributed by atoms with van der Waals surface area (Å²) in [4.78, 5) is 29.9. The van der Waals surface area contributed by atoms with Gasteiger partial charge in [-0.1, -0.05) is 57.9 Å². The van der Waals surface area contributed by atoms with Crippen molar-refractivity contribution >= 4 is 33.4 Å². The number of carbonyl (C=O) groups excluding carboxylic acids is 2. The maximum absolute atomic E-state index is 13.1. The molecule has 2 aliphatic heterocycles. The lowest BCUT2D eigenvalue weighted by atomic mass is 9.95. The summed E-state index contributed by atoms with van der Waals surface area (Å²) in [6.45, 7) is 5.93. The van der Waals surface area contributed by atoms with E-state index in [1.807, 2.05) is 43.3 Å². The van der Waals surface area contributed by atoms with E-state index in [0.29, 0.717) is 31.9 Å². The van der Waals surface area contributed by atoms with Gasteiger partial charge < -0.3 is 14.7 Å². The topological polar surface area (TPSA) is 70.1 Å². The molecular formula is C24H25BrN2O4. The number of ketones is 1. The molecule has 162 valence electrons. The highest BCUT2D eigenvalue weighted by Gasteiger charge is 2.46. The largest absolute Gasteiger partial charge is 0.507 e. The van der Waals surface area contributed by atoms with Crippen LogP contribution in [0.4, 0.5) is 0 Å². The van der Waals surface area contributed by atoms with Crippen LogP contribution >= 0.6 is 15.9 Å². The third kappa shape index (κ3) is 4.59. The molecule has 0 aliphatic carbocycles. The molecule has 2 fully saturated rings. The van der Waals surface area contributed by atoms with E-state index in [1.54, 1.807) is 17.0 Å². The highest BCUT2D eigenvalue weighted by atomic mass is 79.9. The molecule has 0 saturated carbocycles. The molecule has 1 amide bonds. The monoisotopic (exact) mass is 484 g/mol. The summed E-state index contributed by atoms with van der Waals surface area (Å²) in [6, 6.07) is 14.2. The van der Waals surface area contributed by atoms with E-state index >= 15 is 0 Å². The van der Waals surface area contributed by atoms with E-state index in [4.69, 9.17) is 4.74 Å². The zero-order valence-corrected chi connectivity index (χ0v) is 19.0. The van der Waals surface area contributed by atoms with Gasteiger partial charge in [-0.2, -0.15) is 0 Å². The third-order valence-electron chi connectivity index (χ3n) is 5.79. The lowest BCUT2D eigenvalue weighted by molar-refractivity contribution is -0.140. The molecule has 2 aliphatic rings. The van der Waals surface area contributed by atoms with Gasteiger partial charge in [0.1, 0.15) is 5.76 Å². The molecule has 2 aromatic carbocycles. The van der Waals surface area contributed by atoms with Crippen LogP contribution < -0.4 is 0 Å². The zero-order chi connectivity index (χ0) is 22.0. The van der Waals surface area contributed by atoms with Crippen LogP contribution in [0, 0.1) is 6.92 Å². The number of morpholine rings is 1. The summed E-state index contributed by atoms with van der Waals surface area (Å²) in [5.41, 5.74) is 2.49. The number of amides is 1. The van der Waals surface area contributed by atoms with Crippen LogP contribution in [0.1, 0.15) is 22.7 Å². The molecule has 0 spiro atoms. The number of benzene rings is 2. The van der Waals surface area contributed by atoms with Gasteiger partial charge in [0.25, 0.3) is 11.7 Å². The van der Waals surface area contributed by atoms with Crippen LogP contribution in [0.25, 0.3) is 5.76 Å². The predicted molar refractivity (Wildman–Crippen MR) is 122 cm³/mol. The molecule has 0 aromatic heterocycles. The second-order valence-electron chi connectivity index (χ2n) is 7.87. The molecule has 1 N–H and O–H groups in total. The number of nitrogens with zero attached hydrogens (tertiary/aromatic N) is 2. The fourth-order valence-electron chi connectivity index (χ4n) is 4.07. The molecule has 2 aromatic rings. The number of carbonyl (C=O) groups is 2. The van der Waals surface area contributed by atoms with Gasteiger partial charge in [0.15, 0.2) is 0 Å². The second-order valence-corrected chi connectivity index (χ2v) is 8.78. The van der Waals surface area contributed by atoms with Gasteiger partial charge in [0.2, 0.25) is 0 Å². The van der Waals surface area contributed by atoms with Crippen molar-refractivity contribution in [1.82, 2.24) is 9.80 Å². The van der Waals surface area contributed by atoms with Crippen molar-refractivity contribution in [1.29, 1.82) is 0 Å². The van der Waals surface area contributed by atoms with Crippen LogP contribution in [-0.4, -0.2) is 66.0 Å². The SMILES string of the molecule is Cc1ccc(C(O)=C2C(=O)C(=O)N(CCN3CCOCC3)[C@H]2c2cccc(Br)c2)cc1. The van der Waals surface area contributed by atoms with Crippen molar-refractivity contribution in [2.75, 3.05) is 39.4 Å². The number of rotatable bonds is 5. The summed E-state index contributed by atoms with van der Waals surface area (Å²) >= 11 is 3.48. The molecule has 0 radical (unpaired) electrons. The summed E-state index contributed by atoms with van der Waals surface area (Å²) in [6.07, 6.45) is 0. The Kier molecular flexibility index (Phi) is 6.55. The molecule has 0 bridgehead atoms. The van der Waals surface area contributed by atoms with Crippen molar-refractivity contribution in [3.8, 4) is 0 Å². The van der Waals surface area contributed by atoms with Gasteiger partial charge in [-0.05, 0) is 24.6 Å². The van der Waals surface area contributed by atoms with Crippen LogP contribution in [0.2, 0.25) is 0 Å². The molecule has 4 rings (SSSR count). The van der Waals surface area contributed by atoms with Gasteiger partial charge in [0.05, 0.1) is 24.8 Å². The Bertz CT molecular complexity index is 1010. The molecule has 0 unspecified atom stereocenters. The Morgan fingerprint density at radius 1 is 1.10 bits per heavy atom. The highest BCUT2D eigenvalue weighted by molar-refractivity contribution is 9.10. The minimum Gasteiger partial charge on any atom is -0.507 e. The Hall–Kier alpha value is -2.48. The fraction of sp³-hybridized carbons (Fsp3) is 0.333. The number of aryl methyl sites for hydroxylation is 1. The van der Waals surface area contributed by atoms with Crippen molar-refractivity contribution in [3.05, 3.63) is 75.3 Å². The van der Waals surface area contributed by atoms with E-state index in [0.717, 1.165) is 28.7 Å². The Balaban J connectivity index is 1.73. The third-order valence-corrected chi connectivity index (χ3v) is 6.28. The smallest absolute Gasteiger partial charge is 0.295 e. The standard InChI is InChI=1S/C24H25BrN2O4/c1-16-5-7-17(8-6-16)22(28)20-21(18-3-2-4-19(25)15-18)27(24(30)23(20)29)10-9-26-11-13-31-14-12-26/h2-8,15,21,28H,9-14H2,1H3/t21-/m0/s1. The second kappa shape index (κ2) is 9.34. The van der Waals surface area contributed by atoms with E-state index < -0.39 is 17.7 Å². The fourth-order valence-corrected chi connectivity index (χ4v) is 4.49. The minimum absolute atomic E-state index is 0.133. The first-order valence-corrected chi connectivity index (χ1v) is 11.2. The number of aliphatic hydroxyl groups is 1. The van der Waals surface area contributed by atoms with Crippen molar-refractivity contribution < 1.29 is 19.4 Å². The Labute approximate surface area is 190 Å². The molecule has 6 nitrogen and oxygen atoms in total. The Morgan fingerprint density at radius 3 is 2.48 bits per heavy atom. The van der Waals surface area contributed by atoms with Crippen molar-refractivity contribution in [3.63, 3.8) is 0 Å². The summed E-state index contributed by atoms with van der Waals surface area (Å²) < 4.78 is 6.24. The van der Waals surface area contributed by atoms with Gasteiger partial charge in [-0.3, -0.25) is 14.5 Å². The van der Waals surface area contributed by atoms with Gasteiger partial charge in [-0.15, -0.1) is 0 Å². The Morgan fingerprint density at radius 2 is 1.81 bits per heavy atom. The predicted octanol–water partition coefficient (Wildman–Crippen LogP) is 3.51. The minimum atomic E-state index is -0.648. The first-order chi connectivity index (χ1) is 15.0. The first kappa shape index (κ1) is 21.7. The summed E-state index contributed by atoms with van der Waals surface area (Å²) in [5, 5.41) is 11.1. The normalized spacial score (nSPS) is 21.6. The highest BCUT2D eigenvalue weighted by Crippen LogP contribution is 2.39. The lowest BCUT2D eigenvalue weighted by Crippen LogP contribution is -2.42. The van der Waals surface area contributed by atoms with Crippen molar-refractivity contribution in [2.45, 2.75) is 13.0 Å². The molecule has 2 saturated heterocycles. The van der Waals surface area contributed by atoms with Gasteiger partial charge >= 0.3 is 0 Å². The molecular weight excluding hydrogens is 460 g/mol. The molecule has 7 heteroatoms. The summed E-state index contributed by atoms with van der Waals surface area (Å²) in [5.74, 6) is -1.37. The number of hydrogen-bond donors (Lipinski definition) is 1. The number of hydrogen-bond acceptors (Lipinski definition) is 5. The van der Waals surface area contributed by atoms with E-state index in [9.17, 15) is 14.7 Å². The number of Topliss-reactive ketones (excluding diaryl/α,β-unsaturated/α-hetero) is 1. The molecule has 31 heavy (non-hydrogen) atoms. The molecule has 2 heterocycles. The lowest BCUT2D eigenvalue weighted by Gasteiger charge is -2.31. The number of halogens is 1. The van der Waals surface area contributed by atoms with E-state index in [1.165, 1.54) is 0 Å². The van der Waals surface area contributed by atoms with E-state index in [2.05, 4.69) is 20.8 Å². The van der Waals surface area contributed by atoms with Crippen LogP contribution in [-0.2, 0) is 14.3 Å². The van der Waals surface area contributed by atoms with Crippen molar-refractivity contribution in [2.24, 2.45) is 0 Å². The first-order valence-electron chi connectivity index (χ1n) is 10.4. The quantitative estimate of drug-likeness (QED) is 0.399. The molecule has 1 atom stereocenters. The van der Waals surface area contributed by atoms with Crippen LogP contribution in [0.5, 0.6) is 0 Å².